The fourth-order valence-electron chi connectivity index (χ4n) is 2.10. The van der Waals surface area contributed by atoms with Gasteiger partial charge in [0.2, 0.25) is 0 Å². The van der Waals surface area contributed by atoms with Gasteiger partial charge >= 0.3 is 5.97 Å². The van der Waals surface area contributed by atoms with Gasteiger partial charge in [0.1, 0.15) is 0 Å². The van der Waals surface area contributed by atoms with Crippen molar-refractivity contribution in [2.45, 2.75) is 31.1 Å². The van der Waals surface area contributed by atoms with Gasteiger partial charge in [0.05, 0.1) is 24.5 Å². The second-order valence-corrected chi connectivity index (χ2v) is 6.92. The van der Waals surface area contributed by atoms with Crippen molar-refractivity contribution < 1.29 is 17.9 Å². The molecule has 0 fully saturated rings. The first kappa shape index (κ1) is 16.7. The molecule has 0 aliphatic rings. The molecule has 2 atom stereocenters. The van der Waals surface area contributed by atoms with Crippen LogP contribution in [-0.2, 0) is 19.4 Å². The molecule has 0 saturated heterocycles. The summed E-state index contributed by atoms with van der Waals surface area (Å²) < 4.78 is 29.1. The zero-order valence-electron chi connectivity index (χ0n) is 11.8. The molecular formula is C14H21NO4S. The summed E-state index contributed by atoms with van der Waals surface area (Å²) in [4.78, 5) is 11.1. The number of hydrogen-bond donors (Lipinski definition) is 1. The largest absolute Gasteiger partial charge is 0.469 e. The van der Waals surface area contributed by atoms with Crippen LogP contribution >= 0.6 is 0 Å². The highest BCUT2D eigenvalue weighted by Gasteiger charge is 2.31. The van der Waals surface area contributed by atoms with Crippen LogP contribution in [-0.4, -0.2) is 32.5 Å². The third kappa shape index (κ3) is 4.31. The normalized spacial score (nSPS) is 14.6. The minimum Gasteiger partial charge on any atom is -0.469 e. The van der Waals surface area contributed by atoms with Crippen molar-refractivity contribution in [3.8, 4) is 0 Å². The first-order chi connectivity index (χ1) is 9.42. The smallest absolute Gasteiger partial charge is 0.306 e. The Morgan fingerprint density at radius 3 is 2.40 bits per heavy atom. The first-order valence-corrected chi connectivity index (χ1v) is 8.22. The molecule has 2 unspecified atom stereocenters. The summed E-state index contributed by atoms with van der Waals surface area (Å²) in [5, 5.41) is -0.699. The Hall–Kier alpha value is -1.40. The lowest BCUT2D eigenvalue weighted by atomic mass is 10.0. The summed E-state index contributed by atoms with van der Waals surface area (Å²) in [6.45, 7) is 1.78. The lowest BCUT2D eigenvalue weighted by Gasteiger charge is -2.23. The van der Waals surface area contributed by atoms with Crippen molar-refractivity contribution in [1.82, 2.24) is 0 Å². The first-order valence-electron chi connectivity index (χ1n) is 6.51. The van der Waals surface area contributed by atoms with Gasteiger partial charge in [-0.3, -0.25) is 4.79 Å². The van der Waals surface area contributed by atoms with Gasteiger partial charge in [-0.05, 0) is 12.0 Å². The van der Waals surface area contributed by atoms with E-state index in [0.717, 1.165) is 5.56 Å². The molecule has 2 N–H and O–H groups in total. The van der Waals surface area contributed by atoms with Gasteiger partial charge in [-0.1, -0.05) is 37.3 Å². The molecule has 0 heterocycles. The Bertz CT molecular complexity index is 527. The van der Waals surface area contributed by atoms with Gasteiger partial charge in [-0.15, -0.1) is 0 Å². The van der Waals surface area contributed by atoms with Crippen LogP contribution < -0.4 is 5.73 Å². The van der Waals surface area contributed by atoms with Gasteiger partial charge in [-0.2, -0.15) is 0 Å². The third-order valence-electron chi connectivity index (χ3n) is 3.27. The Morgan fingerprint density at radius 2 is 1.90 bits per heavy atom. The molecule has 0 spiro atoms. The van der Waals surface area contributed by atoms with E-state index in [1.54, 1.807) is 6.92 Å². The van der Waals surface area contributed by atoms with Crippen molar-refractivity contribution in [1.29, 1.82) is 0 Å². The topological polar surface area (TPSA) is 86.5 Å². The predicted molar refractivity (Wildman–Crippen MR) is 77.9 cm³/mol. The summed E-state index contributed by atoms with van der Waals surface area (Å²) >= 11 is 0. The molecule has 6 heteroatoms. The van der Waals surface area contributed by atoms with E-state index in [4.69, 9.17) is 5.73 Å². The SMILES string of the molecule is CCC(C(N)c1ccccc1)S(=O)(=O)CCC(=O)OC. The molecule has 5 nitrogen and oxygen atoms in total. The molecule has 112 valence electrons. The molecule has 0 aliphatic heterocycles. The molecular weight excluding hydrogens is 278 g/mol. The van der Waals surface area contributed by atoms with E-state index in [9.17, 15) is 13.2 Å². The number of carbonyl (C=O) groups is 1. The van der Waals surface area contributed by atoms with Crippen LogP contribution in [0.2, 0.25) is 0 Å². The molecule has 0 aliphatic carbocycles. The molecule has 1 aromatic carbocycles. The number of nitrogens with two attached hydrogens (primary N) is 1. The molecule has 0 aromatic heterocycles. The number of ether oxygens (including phenoxy) is 1. The van der Waals surface area contributed by atoms with Gasteiger partial charge in [0.25, 0.3) is 0 Å². The Kier molecular flexibility index (Phi) is 6.16. The second-order valence-electron chi connectivity index (χ2n) is 4.58. The van der Waals surface area contributed by atoms with Crippen LogP contribution in [0, 0.1) is 0 Å². The number of methoxy groups -OCH3 is 1. The lowest BCUT2D eigenvalue weighted by Crippen LogP contribution is -2.35. The summed E-state index contributed by atoms with van der Waals surface area (Å²) in [7, 11) is -2.21. The lowest BCUT2D eigenvalue weighted by molar-refractivity contribution is -0.140. The van der Waals surface area contributed by atoms with E-state index >= 15 is 0 Å². The number of benzene rings is 1. The quantitative estimate of drug-likeness (QED) is 0.770. The zero-order valence-corrected chi connectivity index (χ0v) is 12.6. The van der Waals surface area contributed by atoms with Crippen LogP contribution in [0.4, 0.5) is 0 Å². The van der Waals surface area contributed by atoms with Crippen molar-refractivity contribution in [2.24, 2.45) is 5.73 Å². The minimum atomic E-state index is -3.45. The van der Waals surface area contributed by atoms with E-state index < -0.39 is 27.1 Å². The highest BCUT2D eigenvalue weighted by molar-refractivity contribution is 7.92. The number of esters is 1. The van der Waals surface area contributed by atoms with Crippen LogP contribution in [0.15, 0.2) is 30.3 Å². The van der Waals surface area contributed by atoms with E-state index in [-0.39, 0.29) is 12.2 Å². The third-order valence-corrected chi connectivity index (χ3v) is 5.59. The fourth-order valence-corrected chi connectivity index (χ4v) is 3.97. The molecule has 0 radical (unpaired) electrons. The molecule has 1 aromatic rings. The summed E-state index contributed by atoms with van der Waals surface area (Å²) in [5.74, 6) is -0.768. The summed E-state index contributed by atoms with van der Waals surface area (Å²) in [6.07, 6.45) is 0.260. The monoisotopic (exact) mass is 299 g/mol. The van der Waals surface area contributed by atoms with E-state index in [1.807, 2.05) is 30.3 Å². The van der Waals surface area contributed by atoms with Gasteiger partial charge in [0.15, 0.2) is 9.84 Å². The molecule has 0 amide bonds. The van der Waals surface area contributed by atoms with Crippen molar-refractivity contribution in [3.63, 3.8) is 0 Å². The van der Waals surface area contributed by atoms with E-state index in [0.29, 0.717) is 6.42 Å². The zero-order chi connectivity index (χ0) is 15.2. The number of hydrogen-bond acceptors (Lipinski definition) is 5. The average molecular weight is 299 g/mol. The predicted octanol–water partition coefficient (Wildman–Crippen LogP) is 1.44. The van der Waals surface area contributed by atoms with Gasteiger partial charge in [0, 0.05) is 6.04 Å². The van der Waals surface area contributed by atoms with Crippen LogP contribution in [0.1, 0.15) is 31.4 Å². The Balaban J connectivity index is 2.86. The molecule has 20 heavy (non-hydrogen) atoms. The minimum absolute atomic E-state index is 0.142. The maximum Gasteiger partial charge on any atom is 0.306 e. The molecule has 0 bridgehead atoms. The highest BCUT2D eigenvalue weighted by atomic mass is 32.2. The summed E-state index contributed by atoms with van der Waals surface area (Å²) in [5.41, 5.74) is 6.86. The maximum absolute atomic E-state index is 12.3. The Morgan fingerprint density at radius 1 is 1.30 bits per heavy atom. The van der Waals surface area contributed by atoms with Crippen molar-refractivity contribution in [2.75, 3.05) is 12.9 Å². The van der Waals surface area contributed by atoms with Crippen LogP contribution in [0.5, 0.6) is 0 Å². The average Bonchev–Trinajstić information content (AvgIpc) is 2.46. The highest BCUT2D eigenvalue weighted by Crippen LogP contribution is 2.23. The van der Waals surface area contributed by atoms with E-state index in [1.165, 1.54) is 7.11 Å². The second kappa shape index (κ2) is 7.40. The molecule has 0 saturated carbocycles. The Labute approximate surface area is 120 Å². The number of rotatable bonds is 7. The number of sulfone groups is 1. The number of carbonyl (C=O) groups excluding carboxylic acids is 1. The van der Waals surface area contributed by atoms with Gasteiger partial charge < -0.3 is 10.5 Å². The van der Waals surface area contributed by atoms with Crippen LogP contribution in [0.3, 0.4) is 0 Å². The van der Waals surface area contributed by atoms with Crippen molar-refractivity contribution >= 4 is 15.8 Å². The fraction of sp³-hybridized carbons (Fsp3) is 0.500. The van der Waals surface area contributed by atoms with Crippen molar-refractivity contribution in [3.05, 3.63) is 35.9 Å². The van der Waals surface area contributed by atoms with E-state index in [2.05, 4.69) is 4.74 Å². The van der Waals surface area contributed by atoms with Crippen LogP contribution in [0.25, 0.3) is 0 Å². The van der Waals surface area contributed by atoms with Gasteiger partial charge in [-0.25, -0.2) is 8.42 Å². The maximum atomic E-state index is 12.3. The standard InChI is InChI=1S/C14H21NO4S/c1-3-12(14(15)11-7-5-4-6-8-11)20(17,18)10-9-13(16)19-2/h4-8,12,14H,3,9-10,15H2,1-2H3. The summed E-state index contributed by atoms with van der Waals surface area (Å²) in [6, 6.07) is 8.52. The molecule has 1 rings (SSSR count).